The van der Waals surface area contributed by atoms with Crippen LogP contribution in [0.2, 0.25) is 0 Å². The number of fused-ring (bicyclic) bond motifs is 1. The third kappa shape index (κ3) is 4.35. The number of nitrogens with one attached hydrogen (secondary N) is 2. The Morgan fingerprint density at radius 1 is 1.33 bits per heavy atom. The Morgan fingerprint density at radius 2 is 2.18 bits per heavy atom. The van der Waals surface area contributed by atoms with Crippen LogP contribution < -0.4 is 5.43 Å². The quantitative estimate of drug-likeness (QED) is 0.637. The van der Waals surface area contributed by atoms with Gasteiger partial charge in [-0.05, 0) is 35.6 Å². The van der Waals surface area contributed by atoms with Gasteiger partial charge in [0.2, 0.25) is 0 Å². The van der Waals surface area contributed by atoms with Crippen LogP contribution in [0.25, 0.3) is 11.1 Å². The fraction of sp³-hybridized carbons (Fsp3) is 0.400. The van der Waals surface area contributed by atoms with Crippen LogP contribution in [-0.4, -0.2) is 58.0 Å². The lowest BCUT2D eigenvalue weighted by atomic mass is 9.97. The van der Waals surface area contributed by atoms with Gasteiger partial charge < -0.3 is 5.41 Å². The molecule has 0 spiro atoms. The standard InChI is InChI=1S/C25H28N6OS/c1-2-25(28-21(14-27)17-33-25)31-29-23-10-11-30(16-24(23)32-31)15-18-8-9-22(20(12-18)13-26)19-6-4-3-5-7-19/h3-9,12,14,23-24,27,29H,2,10-11,15-17H2,1H3. The van der Waals surface area contributed by atoms with Gasteiger partial charge >= 0.3 is 0 Å². The summed E-state index contributed by atoms with van der Waals surface area (Å²) in [5, 5.41) is 19.1. The number of hydrogen-bond acceptors (Lipinski definition) is 8. The molecule has 2 aromatic carbocycles. The molecule has 3 atom stereocenters. The first-order valence-electron chi connectivity index (χ1n) is 11.4. The Hall–Kier alpha value is -2.54. The Kier molecular flexibility index (Phi) is 6.32. The minimum atomic E-state index is -0.496. The first-order chi connectivity index (χ1) is 16.1. The highest BCUT2D eigenvalue weighted by Gasteiger charge is 2.49. The maximum Gasteiger partial charge on any atom is 0.197 e. The summed E-state index contributed by atoms with van der Waals surface area (Å²) in [7, 11) is 0. The largest absolute Gasteiger partial charge is 0.307 e. The van der Waals surface area contributed by atoms with Crippen molar-refractivity contribution >= 4 is 23.7 Å². The van der Waals surface area contributed by atoms with Crippen molar-refractivity contribution in [2.45, 2.75) is 43.5 Å². The highest BCUT2D eigenvalue weighted by molar-refractivity contribution is 8.01. The highest BCUT2D eigenvalue weighted by Crippen LogP contribution is 2.41. The van der Waals surface area contributed by atoms with E-state index in [0.717, 1.165) is 60.6 Å². The molecule has 3 aliphatic rings. The fourth-order valence-electron chi connectivity index (χ4n) is 4.77. The predicted molar refractivity (Wildman–Crippen MR) is 132 cm³/mol. The topological polar surface area (TPSA) is 87.7 Å². The van der Waals surface area contributed by atoms with E-state index in [9.17, 15) is 5.26 Å². The molecule has 8 heteroatoms. The number of nitrogens with zero attached hydrogens (tertiary/aromatic N) is 4. The molecule has 2 fully saturated rings. The number of likely N-dealkylation sites (tertiary alicyclic amines) is 1. The van der Waals surface area contributed by atoms with Crippen molar-refractivity contribution in [2.24, 2.45) is 4.99 Å². The van der Waals surface area contributed by atoms with E-state index in [0.29, 0.717) is 5.56 Å². The molecule has 0 radical (unpaired) electrons. The average molecular weight is 461 g/mol. The molecule has 170 valence electrons. The summed E-state index contributed by atoms with van der Waals surface area (Å²) in [6.45, 7) is 4.69. The smallest absolute Gasteiger partial charge is 0.197 e. The summed E-state index contributed by atoms with van der Waals surface area (Å²) in [6.07, 6.45) is 3.19. The Balaban J connectivity index is 1.26. The second kappa shape index (κ2) is 9.37. The summed E-state index contributed by atoms with van der Waals surface area (Å²) < 4.78 is 0. The molecule has 0 aliphatic carbocycles. The van der Waals surface area contributed by atoms with Gasteiger partial charge in [-0.3, -0.25) is 14.7 Å². The number of hydrogen-bond donors (Lipinski definition) is 2. The number of rotatable bonds is 6. The highest BCUT2D eigenvalue weighted by atomic mass is 32.2. The molecule has 2 N–H and O–H groups in total. The minimum absolute atomic E-state index is 0.0565. The van der Waals surface area contributed by atoms with Crippen LogP contribution >= 0.6 is 11.8 Å². The van der Waals surface area contributed by atoms with Crippen molar-refractivity contribution in [3.05, 3.63) is 59.7 Å². The third-order valence-electron chi connectivity index (χ3n) is 6.58. The zero-order valence-corrected chi connectivity index (χ0v) is 19.5. The van der Waals surface area contributed by atoms with Gasteiger partial charge in [0.15, 0.2) is 4.99 Å². The van der Waals surface area contributed by atoms with E-state index in [4.69, 9.17) is 15.2 Å². The molecule has 0 bridgehead atoms. The normalized spacial score (nSPS) is 27.7. The van der Waals surface area contributed by atoms with Crippen LogP contribution in [-0.2, 0) is 11.4 Å². The van der Waals surface area contributed by atoms with Gasteiger partial charge in [0.25, 0.3) is 0 Å². The molecule has 0 aromatic heterocycles. The van der Waals surface area contributed by atoms with E-state index in [2.05, 4.69) is 35.5 Å². The first-order valence-corrected chi connectivity index (χ1v) is 12.4. The minimum Gasteiger partial charge on any atom is -0.307 e. The number of thioether (sulfide) groups is 1. The van der Waals surface area contributed by atoms with Crippen LogP contribution in [0.4, 0.5) is 0 Å². The van der Waals surface area contributed by atoms with Gasteiger partial charge in [0, 0.05) is 31.6 Å². The molecule has 3 heterocycles. The van der Waals surface area contributed by atoms with Gasteiger partial charge in [0.1, 0.15) is 6.10 Å². The summed E-state index contributed by atoms with van der Waals surface area (Å²) in [5.74, 6) is 0.737. The lowest BCUT2D eigenvalue weighted by Crippen LogP contribution is -2.50. The lowest BCUT2D eigenvalue weighted by Gasteiger charge is -2.33. The molecule has 2 aromatic rings. The number of piperidine rings is 1. The van der Waals surface area contributed by atoms with E-state index in [1.165, 1.54) is 6.21 Å². The maximum absolute atomic E-state index is 9.73. The molecule has 2 saturated heterocycles. The van der Waals surface area contributed by atoms with Crippen molar-refractivity contribution in [1.29, 1.82) is 10.7 Å². The predicted octanol–water partition coefficient (Wildman–Crippen LogP) is 3.82. The number of benzene rings is 2. The number of hydroxylamine groups is 1. The lowest BCUT2D eigenvalue weighted by molar-refractivity contribution is -0.208. The van der Waals surface area contributed by atoms with E-state index < -0.39 is 4.99 Å². The molecule has 0 amide bonds. The van der Waals surface area contributed by atoms with Crippen molar-refractivity contribution in [3.8, 4) is 17.2 Å². The summed E-state index contributed by atoms with van der Waals surface area (Å²) in [5.41, 5.74) is 8.23. The van der Waals surface area contributed by atoms with Crippen LogP contribution in [0.15, 0.2) is 53.5 Å². The van der Waals surface area contributed by atoms with Gasteiger partial charge in [0.05, 0.1) is 23.4 Å². The molecule has 5 rings (SSSR count). The monoisotopic (exact) mass is 460 g/mol. The molecular weight excluding hydrogens is 432 g/mol. The van der Waals surface area contributed by atoms with E-state index in [1.807, 2.05) is 41.6 Å². The molecule has 3 unspecified atom stereocenters. The van der Waals surface area contributed by atoms with Crippen molar-refractivity contribution < 1.29 is 4.84 Å². The molecule has 7 nitrogen and oxygen atoms in total. The van der Waals surface area contributed by atoms with Crippen LogP contribution in [0.5, 0.6) is 0 Å². The van der Waals surface area contributed by atoms with Crippen LogP contribution in [0.3, 0.4) is 0 Å². The average Bonchev–Trinajstić information content (AvgIpc) is 3.49. The Labute approximate surface area is 198 Å². The summed E-state index contributed by atoms with van der Waals surface area (Å²) in [6, 6.07) is 18.9. The second-order valence-corrected chi connectivity index (χ2v) is 9.92. The maximum atomic E-state index is 9.73. The van der Waals surface area contributed by atoms with Gasteiger partial charge in [-0.25, -0.2) is 5.43 Å². The second-order valence-electron chi connectivity index (χ2n) is 8.69. The van der Waals surface area contributed by atoms with Crippen molar-refractivity contribution in [2.75, 3.05) is 18.8 Å². The van der Waals surface area contributed by atoms with Crippen molar-refractivity contribution in [1.82, 2.24) is 15.5 Å². The van der Waals surface area contributed by atoms with Crippen LogP contribution in [0, 0.1) is 16.7 Å². The van der Waals surface area contributed by atoms with Crippen LogP contribution in [0.1, 0.15) is 30.9 Å². The number of hydrazine groups is 1. The third-order valence-corrected chi connectivity index (χ3v) is 8.02. The Bertz CT molecular complexity index is 1100. The number of aliphatic imine (C=N–C) groups is 1. The number of nitriles is 1. The molecule has 33 heavy (non-hydrogen) atoms. The summed E-state index contributed by atoms with van der Waals surface area (Å²) in [4.78, 5) is 13.0. The van der Waals surface area contributed by atoms with E-state index in [1.54, 1.807) is 11.8 Å². The van der Waals surface area contributed by atoms with E-state index >= 15 is 0 Å². The first kappa shape index (κ1) is 22.3. The van der Waals surface area contributed by atoms with Gasteiger partial charge in [-0.15, -0.1) is 11.8 Å². The summed E-state index contributed by atoms with van der Waals surface area (Å²) >= 11 is 1.71. The zero-order valence-electron chi connectivity index (χ0n) is 18.7. The SMILES string of the molecule is CCC1(N2NC3CCN(Cc4ccc(-c5ccccc5)c(C#N)c4)CC3O2)N=C(C=N)CS1. The molecule has 0 saturated carbocycles. The van der Waals surface area contributed by atoms with Gasteiger partial charge in [-0.2, -0.15) is 5.26 Å². The fourth-order valence-corrected chi connectivity index (χ4v) is 5.90. The zero-order chi connectivity index (χ0) is 22.8. The van der Waals surface area contributed by atoms with Crippen molar-refractivity contribution in [3.63, 3.8) is 0 Å². The molecular formula is C25H28N6OS. The Morgan fingerprint density at radius 3 is 2.91 bits per heavy atom. The van der Waals surface area contributed by atoms with Gasteiger partial charge in [-0.1, -0.05) is 54.6 Å². The molecule has 3 aliphatic heterocycles. The van der Waals surface area contributed by atoms with E-state index in [-0.39, 0.29) is 12.1 Å².